The van der Waals surface area contributed by atoms with E-state index in [2.05, 4.69) is 11.0 Å². The Labute approximate surface area is 215 Å². The number of esters is 1. The van der Waals surface area contributed by atoms with Gasteiger partial charge in [-0.15, -0.1) is 6.42 Å². The fraction of sp³-hybridized carbons (Fsp3) is 0.478. The molecule has 1 fully saturated rings. The summed E-state index contributed by atoms with van der Waals surface area (Å²) in [7, 11) is -4.54. The van der Waals surface area contributed by atoms with Gasteiger partial charge in [0.05, 0.1) is 27.5 Å². The number of H-pyrrole nitrogens is 1. The standard InChI is InChI=1S/C23H29N4O9P/c1-5-23(24)19(29)17(35-21(23)27-22(31)26-18(28)11-25-27)12-33-37(32,36-16-9-7-6-8-10-16)13-15(4)20(30)34-14(2)3/h1,6-11,14-15,17,19,21,29H,12-13,24H2,2-4H3,(H,26,28,31)/t15-,17-,19+,21-,23?,37+/m1/s1/i12D2. The van der Waals surface area contributed by atoms with Crippen LogP contribution in [-0.2, 0) is 23.4 Å². The molecule has 2 heterocycles. The summed E-state index contributed by atoms with van der Waals surface area (Å²) in [4.78, 5) is 38.1. The van der Waals surface area contributed by atoms with Crippen LogP contribution in [-0.4, -0.2) is 62.4 Å². The maximum Gasteiger partial charge on any atom is 0.380 e. The first-order chi connectivity index (χ1) is 18.1. The van der Waals surface area contributed by atoms with Gasteiger partial charge in [-0.25, -0.2) is 9.36 Å². The number of nitrogens with two attached hydrogens (primary N) is 1. The van der Waals surface area contributed by atoms with Crippen LogP contribution >= 0.6 is 7.60 Å². The molecule has 1 saturated heterocycles. The molecule has 200 valence electrons. The molecule has 3 rings (SSSR count). The number of hydrogen-bond donors (Lipinski definition) is 3. The smallest absolute Gasteiger partial charge is 0.380 e. The van der Waals surface area contributed by atoms with Crippen LogP contribution < -0.4 is 21.5 Å². The van der Waals surface area contributed by atoms with Crippen LogP contribution in [0.5, 0.6) is 5.75 Å². The van der Waals surface area contributed by atoms with Crippen molar-refractivity contribution in [1.82, 2.24) is 14.8 Å². The summed E-state index contributed by atoms with van der Waals surface area (Å²) in [5, 5.41) is 14.6. The highest BCUT2D eigenvalue weighted by molar-refractivity contribution is 7.54. The number of aliphatic hydroxyl groups excluding tert-OH is 1. The zero-order chi connectivity index (χ0) is 29.2. The zero-order valence-corrected chi connectivity index (χ0v) is 21.2. The van der Waals surface area contributed by atoms with Crippen LogP contribution in [0.25, 0.3) is 0 Å². The second kappa shape index (κ2) is 11.4. The van der Waals surface area contributed by atoms with Crippen LogP contribution in [0.1, 0.15) is 29.7 Å². The lowest BCUT2D eigenvalue weighted by Gasteiger charge is -2.27. The minimum atomic E-state index is -4.54. The number of hydrogen-bond acceptors (Lipinski definition) is 11. The largest absolute Gasteiger partial charge is 0.463 e. The predicted octanol–water partition coefficient (Wildman–Crippen LogP) is 0.397. The molecule has 1 unspecified atom stereocenters. The van der Waals surface area contributed by atoms with E-state index in [4.69, 9.17) is 33.4 Å². The van der Waals surface area contributed by atoms with Crippen LogP contribution in [0.15, 0.2) is 46.1 Å². The molecule has 0 bridgehead atoms. The Morgan fingerprint density at radius 2 is 2.08 bits per heavy atom. The van der Waals surface area contributed by atoms with Gasteiger partial charge < -0.3 is 24.8 Å². The molecule has 0 radical (unpaired) electrons. The Hall–Kier alpha value is -3.27. The average Bonchev–Trinajstić information content (AvgIpc) is 3.10. The highest BCUT2D eigenvalue weighted by Crippen LogP contribution is 2.51. The molecule has 13 nitrogen and oxygen atoms in total. The second-order valence-electron chi connectivity index (χ2n) is 8.61. The molecule has 1 aliphatic rings. The lowest BCUT2D eigenvalue weighted by Crippen LogP contribution is -2.55. The van der Waals surface area contributed by atoms with Gasteiger partial charge in [0.25, 0.3) is 5.56 Å². The number of nitrogens with one attached hydrogen (secondary N) is 1. The van der Waals surface area contributed by atoms with Crippen molar-refractivity contribution in [3.8, 4) is 18.1 Å². The third-order valence-corrected chi connectivity index (χ3v) is 7.08. The fourth-order valence-corrected chi connectivity index (χ4v) is 5.10. The van der Waals surface area contributed by atoms with Gasteiger partial charge in [0.15, 0.2) is 11.8 Å². The Morgan fingerprint density at radius 1 is 1.41 bits per heavy atom. The molecule has 4 N–H and O–H groups in total. The number of carbonyl (C=O) groups is 1. The molecule has 0 amide bonds. The Kier molecular flexibility index (Phi) is 7.83. The first-order valence-corrected chi connectivity index (χ1v) is 12.9. The number of aromatic amines is 1. The molecule has 14 heteroatoms. The third kappa shape index (κ3) is 6.54. The Bertz CT molecular complexity index is 1390. The van der Waals surface area contributed by atoms with Crippen molar-refractivity contribution < 1.29 is 35.7 Å². The highest BCUT2D eigenvalue weighted by atomic mass is 31.2. The van der Waals surface area contributed by atoms with Gasteiger partial charge >= 0.3 is 19.3 Å². The summed E-state index contributed by atoms with van der Waals surface area (Å²) in [6.07, 6.45) is -0.657. The first kappa shape index (κ1) is 25.4. The Morgan fingerprint density at radius 3 is 2.68 bits per heavy atom. The van der Waals surface area contributed by atoms with E-state index >= 15 is 0 Å². The van der Waals surface area contributed by atoms with Gasteiger partial charge in [0, 0.05) is 0 Å². The van der Waals surface area contributed by atoms with Crippen molar-refractivity contribution in [1.29, 1.82) is 0 Å². The van der Waals surface area contributed by atoms with E-state index in [1.165, 1.54) is 19.1 Å². The SMILES string of the molecule is [2H]C([2H])(O[P@@](=O)(C[C@@H](C)C(=O)OC(C)C)Oc1ccccc1)[C@H]1O[C@@H](n2ncc(=O)[nH]c2=O)C(N)(C#C)[C@H]1O. The summed E-state index contributed by atoms with van der Waals surface area (Å²) in [5.74, 6) is 0.352. The van der Waals surface area contributed by atoms with Gasteiger partial charge in [-0.3, -0.25) is 19.1 Å². The summed E-state index contributed by atoms with van der Waals surface area (Å²) in [5.41, 5.74) is 1.97. The molecule has 1 aliphatic heterocycles. The van der Waals surface area contributed by atoms with E-state index in [0.29, 0.717) is 4.68 Å². The average molecular weight is 538 g/mol. The minimum Gasteiger partial charge on any atom is -0.463 e. The lowest BCUT2D eigenvalue weighted by molar-refractivity contribution is -0.151. The van der Waals surface area contributed by atoms with Gasteiger partial charge in [0.2, 0.25) is 0 Å². The highest BCUT2D eigenvalue weighted by Gasteiger charge is 2.55. The van der Waals surface area contributed by atoms with E-state index < -0.39 is 73.5 Å². The molecular formula is C23H29N4O9P. The topological polar surface area (TPSA) is 185 Å². The van der Waals surface area contributed by atoms with Gasteiger partial charge in [-0.2, -0.15) is 9.78 Å². The van der Waals surface area contributed by atoms with Crippen LogP contribution in [0.4, 0.5) is 0 Å². The van der Waals surface area contributed by atoms with E-state index in [1.807, 2.05) is 4.98 Å². The number of terminal acetylenes is 1. The molecule has 37 heavy (non-hydrogen) atoms. The van der Waals surface area contributed by atoms with E-state index in [-0.39, 0.29) is 5.75 Å². The normalized spacial score (nSPS) is 26.9. The maximum atomic E-state index is 13.9. The first-order valence-electron chi connectivity index (χ1n) is 12.1. The quantitative estimate of drug-likeness (QED) is 0.216. The van der Waals surface area contributed by atoms with E-state index in [1.54, 1.807) is 32.0 Å². The lowest BCUT2D eigenvalue weighted by atomic mass is 9.92. The summed E-state index contributed by atoms with van der Waals surface area (Å²) in [6, 6.07) is 7.69. The molecule has 1 aromatic heterocycles. The van der Waals surface area contributed by atoms with E-state index in [0.717, 1.165) is 6.20 Å². The van der Waals surface area contributed by atoms with Gasteiger partial charge in [0.1, 0.15) is 24.2 Å². The zero-order valence-electron chi connectivity index (χ0n) is 22.3. The summed E-state index contributed by atoms with van der Waals surface area (Å²) in [6.45, 7) is 1.54. The predicted molar refractivity (Wildman–Crippen MR) is 131 cm³/mol. The molecule has 2 aromatic rings. The number of aliphatic hydroxyl groups is 1. The number of benzene rings is 1. The molecular weight excluding hydrogens is 507 g/mol. The van der Waals surface area contributed by atoms with E-state index in [9.17, 15) is 24.1 Å². The van der Waals surface area contributed by atoms with Crippen molar-refractivity contribution >= 4 is 13.6 Å². The third-order valence-electron chi connectivity index (χ3n) is 5.22. The van der Waals surface area contributed by atoms with Crippen molar-refractivity contribution in [2.24, 2.45) is 11.7 Å². The summed E-state index contributed by atoms with van der Waals surface area (Å²) >= 11 is 0. The van der Waals surface area contributed by atoms with Crippen LogP contribution in [0, 0.1) is 18.3 Å². The van der Waals surface area contributed by atoms with Crippen molar-refractivity contribution in [3.05, 3.63) is 57.4 Å². The Balaban J connectivity index is 1.96. The molecule has 1 aromatic carbocycles. The number of aromatic nitrogens is 3. The molecule has 0 spiro atoms. The molecule has 0 aliphatic carbocycles. The van der Waals surface area contributed by atoms with Crippen molar-refractivity contribution in [2.75, 3.05) is 12.7 Å². The minimum absolute atomic E-state index is 0.0487. The monoisotopic (exact) mass is 538 g/mol. The number of ether oxygens (including phenoxy) is 2. The summed E-state index contributed by atoms with van der Waals surface area (Å²) < 4.78 is 53.1. The van der Waals surface area contributed by atoms with Crippen molar-refractivity contribution in [3.63, 3.8) is 0 Å². The number of rotatable bonds is 10. The van der Waals surface area contributed by atoms with Gasteiger partial charge in [-0.05, 0) is 26.0 Å². The number of para-hydroxylation sites is 1. The molecule has 0 saturated carbocycles. The maximum absolute atomic E-state index is 13.9. The van der Waals surface area contributed by atoms with Crippen LogP contribution in [0.3, 0.4) is 0 Å². The number of carbonyl (C=O) groups excluding carboxylic acids is 1. The van der Waals surface area contributed by atoms with Crippen LogP contribution in [0.2, 0.25) is 0 Å². The molecule has 6 atom stereocenters. The second-order valence-corrected chi connectivity index (χ2v) is 10.6. The van der Waals surface area contributed by atoms with Gasteiger partial charge in [-0.1, -0.05) is 31.0 Å². The fourth-order valence-electron chi connectivity index (χ4n) is 3.39. The van der Waals surface area contributed by atoms with Crippen molar-refractivity contribution in [2.45, 2.75) is 50.8 Å². The number of nitrogens with zero attached hydrogens (tertiary/aromatic N) is 2.